The Bertz CT molecular complexity index is 412. The van der Waals surface area contributed by atoms with Crippen molar-refractivity contribution in [2.75, 3.05) is 6.54 Å². The summed E-state index contributed by atoms with van der Waals surface area (Å²) in [6.07, 6.45) is 7.50. The van der Waals surface area contributed by atoms with Gasteiger partial charge in [0.1, 0.15) is 0 Å². The molecular weight excluding hydrogens is 240 g/mol. The molecule has 19 heavy (non-hydrogen) atoms. The van der Waals surface area contributed by atoms with Crippen LogP contribution < -0.4 is 0 Å². The second-order valence-electron chi connectivity index (χ2n) is 5.93. The first kappa shape index (κ1) is 14.1. The van der Waals surface area contributed by atoms with E-state index in [1.54, 1.807) is 0 Å². The van der Waals surface area contributed by atoms with Crippen LogP contribution in [0, 0.1) is 0 Å². The van der Waals surface area contributed by atoms with Crippen LogP contribution in [0.2, 0.25) is 0 Å². The number of aliphatic hydroxyl groups is 1. The number of piperidine rings is 1. The molecule has 0 aliphatic carbocycles. The SMILES string of the molecule is CC1(C)C(O)CCCN1C(=O)CCCc1cc[nH]c1. The Hall–Kier alpha value is -1.29. The molecule has 1 aliphatic heterocycles. The number of aromatic nitrogens is 1. The molecule has 2 heterocycles. The van der Waals surface area contributed by atoms with E-state index in [0.717, 1.165) is 32.2 Å². The molecule has 1 fully saturated rings. The molecule has 1 atom stereocenters. The van der Waals surface area contributed by atoms with Crippen LogP contribution >= 0.6 is 0 Å². The highest BCUT2D eigenvalue weighted by atomic mass is 16.3. The molecule has 0 saturated carbocycles. The van der Waals surface area contributed by atoms with E-state index in [1.165, 1.54) is 5.56 Å². The van der Waals surface area contributed by atoms with E-state index in [9.17, 15) is 9.90 Å². The number of carbonyl (C=O) groups excluding carboxylic acids is 1. The number of hydrogen-bond acceptors (Lipinski definition) is 2. The Morgan fingerprint density at radius 2 is 2.37 bits per heavy atom. The zero-order valence-electron chi connectivity index (χ0n) is 11.9. The number of hydrogen-bond donors (Lipinski definition) is 2. The normalized spacial score (nSPS) is 22.5. The minimum atomic E-state index is -0.427. The molecule has 2 N–H and O–H groups in total. The van der Waals surface area contributed by atoms with Gasteiger partial charge in [0.25, 0.3) is 0 Å². The number of nitrogens with one attached hydrogen (secondary N) is 1. The lowest BCUT2D eigenvalue weighted by Crippen LogP contribution is -2.58. The summed E-state index contributed by atoms with van der Waals surface area (Å²) in [5, 5.41) is 10.0. The van der Waals surface area contributed by atoms with Crippen LogP contribution in [0.1, 0.15) is 45.1 Å². The van der Waals surface area contributed by atoms with Gasteiger partial charge in [-0.15, -0.1) is 0 Å². The number of likely N-dealkylation sites (tertiary alicyclic amines) is 1. The lowest BCUT2D eigenvalue weighted by atomic mass is 9.87. The summed E-state index contributed by atoms with van der Waals surface area (Å²) in [5.74, 6) is 0.166. The van der Waals surface area contributed by atoms with Crippen LogP contribution in [-0.2, 0) is 11.2 Å². The van der Waals surface area contributed by atoms with E-state index in [4.69, 9.17) is 0 Å². The van der Waals surface area contributed by atoms with E-state index >= 15 is 0 Å². The number of aromatic amines is 1. The minimum absolute atomic E-state index is 0.166. The van der Waals surface area contributed by atoms with Gasteiger partial charge in [0.2, 0.25) is 5.91 Å². The number of aryl methyl sites for hydroxylation is 1. The third-order valence-corrected chi connectivity index (χ3v) is 4.19. The highest BCUT2D eigenvalue weighted by Crippen LogP contribution is 2.28. The first-order valence-electron chi connectivity index (χ1n) is 7.12. The van der Waals surface area contributed by atoms with Crippen molar-refractivity contribution in [2.45, 2.75) is 57.6 Å². The minimum Gasteiger partial charge on any atom is -0.391 e. The third kappa shape index (κ3) is 3.18. The van der Waals surface area contributed by atoms with Crippen molar-refractivity contribution in [3.63, 3.8) is 0 Å². The van der Waals surface area contributed by atoms with Gasteiger partial charge in [-0.1, -0.05) is 0 Å². The van der Waals surface area contributed by atoms with Gasteiger partial charge in [0, 0.05) is 25.4 Å². The van der Waals surface area contributed by atoms with E-state index in [-0.39, 0.29) is 5.91 Å². The lowest BCUT2D eigenvalue weighted by molar-refractivity contribution is -0.145. The number of nitrogens with zero attached hydrogens (tertiary/aromatic N) is 1. The summed E-state index contributed by atoms with van der Waals surface area (Å²) in [4.78, 5) is 17.2. The molecule has 4 heteroatoms. The summed E-state index contributed by atoms with van der Waals surface area (Å²) in [5.41, 5.74) is 0.814. The number of rotatable bonds is 4. The quantitative estimate of drug-likeness (QED) is 0.875. The molecule has 0 bridgehead atoms. The van der Waals surface area contributed by atoms with Gasteiger partial charge in [-0.25, -0.2) is 0 Å². The fourth-order valence-corrected chi connectivity index (χ4v) is 2.80. The van der Waals surface area contributed by atoms with Gasteiger partial charge in [-0.3, -0.25) is 4.79 Å². The molecule has 0 aromatic carbocycles. The molecule has 1 unspecified atom stereocenters. The maximum Gasteiger partial charge on any atom is 0.223 e. The molecule has 1 aliphatic rings. The highest BCUT2D eigenvalue weighted by Gasteiger charge is 2.39. The summed E-state index contributed by atoms with van der Waals surface area (Å²) in [7, 11) is 0. The molecule has 1 amide bonds. The second kappa shape index (κ2) is 5.78. The highest BCUT2D eigenvalue weighted by molar-refractivity contribution is 5.77. The van der Waals surface area contributed by atoms with Crippen molar-refractivity contribution in [3.05, 3.63) is 24.0 Å². The van der Waals surface area contributed by atoms with Crippen LogP contribution in [0.5, 0.6) is 0 Å². The topological polar surface area (TPSA) is 56.3 Å². The Morgan fingerprint density at radius 1 is 1.58 bits per heavy atom. The Balaban J connectivity index is 1.85. The first-order chi connectivity index (χ1) is 9.01. The first-order valence-corrected chi connectivity index (χ1v) is 7.12. The molecule has 106 valence electrons. The van der Waals surface area contributed by atoms with E-state index in [0.29, 0.717) is 6.42 Å². The zero-order chi connectivity index (χ0) is 13.9. The van der Waals surface area contributed by atoms with Gasteiger partial charge < -0.3 is 15.0 Å². The maximum absolute atomic E-state index is 12.3. The molecule has 0 radical (unpaired) electrons. The van der Waals surface area contributed by atoms with Gasteiger partial charge in [-0.05, 0) is 51.2 Å². The van der Waals surface area contributed by atoms with Crippen LogP contribution in [0.4, 0.5) is 0 Å². The van der Waals surface area contributed by atoms with E-state index in [1.807, 2.05) is 37.2 Å². The van der Waals surface area contributed by atoms with Gasteiger partial charge in [0.15, 0.2) is 0 Å². The monoisotopic (exact) mass is 264 g/mol. The molecular formula is C15H24N2O2. The van der Waals surface area contributed by atoms with E-state index in [2.05, 4.69) is 4.98 Å². The summed E-state index contributed by atoms with van der Waals surface area (Å²) in [6.45, 7) is 4.69. The third-order valence-electron chi connectivity index (χ3n) is 4.19. The van der Waals surface area contributed by atoms with Crippen molar-refractivity contribution >= 4 is 5.91 Å². The summed E-state index contributed by atoms with van der Waals surface area (Å²) >= 11 is 0. The molecule has 1 saturated heterocycles. The van der Waals surface area contributed by atoms with Crippen molar-refractivity contribution in [2.24, 2.45) is 0 Å². The largest absolute Gasteiger partial charge is 0.391 e. The lowest BCUT2D eigenvalue weighted by Gasteiger charge is -2.46. The smallest absolute Gasteiger partial charge is 0.223 e. The van der Waals surface area contributed by atoms with Gasteiger partial charge in [0.05, 0.1) is 11.6 Å². The molecule has 2 rings (SSSR count). The van der Waals surface area contributed by atoms with Gasteiger partial charge >= 0.3 is 0 Å². The van der Waals surface area contributed by atoms with E-state index < -0.39 is 11.6 Å². The van der Waals surface area contributed by atoms with Crippen LogP contribution in [0.3, 0.4) is 0 Å². The van der Waals surface area contributed by atoms with Crippen molar-refractivity contribution in [1.29, 1.82) is 0 Å². The zero-order valence-corrected chi connectivity index (χ0v) is 11.9. The fraction of sp³-hybridized carbons (Fsp3) is 0.667. The molecule has 1 aromatic heterocycles. The summed E-state index contributed by atoms with van der Waals surface area (Å²) in [6, 6.07) is 2.04. The van der Waals surface area contributed by atoms with Crippen molar-refractivity contribution in [3.8, 4) is 0 Å². The molecule has 4 nitrogen and oxygen atoms in total. The predicted molar refractivity (Wildman–Crippen MR) is 74.8 cm³/mol. The standard InChI is InChI=1S/C15H24N2O2/c1-15(2)13(18)6-4-10-17(15)14(19)7-3-5-12-8-9-16-11-12/h8-9,11,13,16,18H,3-7,10H2,1-2H3. The Kier molecular flexibility index (Phi) is 4.30. The van der Waals surface area contributed by atoms with Crippen LogP contribution in [0.25, 0.3) is 0 Å². The van der Waals surface area contributed by atoms with Crippen LogP contribution in [0.15, 0.2) is 18.5 Å². The Labute approximate surface area is 114 Å². The summed E-state index contributed by atoms with van der Waals surface area (Å²) < 4.78 is 0. The number of amides is 1. The average molecular weight is 264 g/mol. The number of aliphatic hydroxyl groups excluding tert-OH is 1. The number of H-pyrrole nitrogens is 1. The fourth-order valence-electron chi connectivity index (χ4n) is 2.80. The van der Waals surface area contributed by atoms with Crippen molar-refractivity contribution in [1.82, 2.24) is 9.88 Å². The molecule has 0 spiro atoms. The van der Waals surface area contributed by atoms with Crippen LogP contribution in [-0.4, -0.2) is 39.1 Å². The maximum atomic E-state index is 12.3. The molecule has 1 aromatic rings. The second-order valence-corrected chi connectivity index (χ2v) is 5.93. The van der Waals surface area contributed by atoms with Gasteiger partial charge in [-0.2, -0.15) is 0 Å². The Morgan fingerprint density at radius 3 is 3.05 bits per heavy atom. The van der Waals surface area contributed by atoms with Crippen molar-refractivity contribution < 1.29 is 9.90 Å². The average Bonchev–Trinajstić information content (AvgIpc) is 2.85. The predicted octanol–water partition coefficient (Wildman–Crippen LogP) is 2.10. The number of carbonyl (C=O) groups is 1.